The zero-order valence-electron chi connectivity index (χ0n) is 13.7. The van der Waals surface area contributed by atoms with Gasteiger partial charge >= 0.3 is 5.97 Å². The van der Waals surface area contributed by atoms with Crippen molar-refractivity contribution in [2.45, 2.75) is 13.3 Å². The number of aliphatic imine (C=N–C) groups is 1. The van der Waals surface area contributed by atoms with E-state index in [1.807, 2.05) is 6.92 Å². The highest BCUT2D eigenvalue weighted by atomic mass is 35.5. The van der Waals surface area contributed by atoms with Gasteiger partial charge in [0.05, 0.1) is 25.0 Å². The van der Waals surface area contributed by atoms with Gasteiger partial charge in [0.1, 0.15) is 0 Å². The van der Waals surface area contributed by atoms with E-state index in [1.54, 1.807) is 30.3 Å². The fourth-order valence-corrected chi connectivity index (χ4v) is 2.51. The highest BCUT2D eigenvalue weighted by Crippen LogP contribution is 2.37. The molecule has 0 amide bonds. The first-order valence-corrected chi connectivity index (χ1v) is 8.07. The molecule has 7 heteroatoms. The Morgan fingerprint density at radius 2 is 2.20 bits per heavy atom. The van der Waals surface area contributed by atoms with E-state index in [0.29, 0.717) is 34.5 Å². The van der Waals surface area contributed by atoms with E-state index >= 15 is 0 Å². The number of methoxy groups -OCH3 is 1. The molecule has 1 aliphatic heterocycles. The molecule has 1 aromatic heterocycles. The fourth-order valence-electron chi connectivity index (χ4n) is 2.24. The molecule has 0 aliphatic carbocycles. The molecule has 3 rings (SSSR count). The third-order valence-electron chi connectivity index (χ3n) is 3.36. The second-order valence-electron chi connectivity index (χ2n) is 5.20. The number of benzene rings is 1. The van der Waals surface area contributed by atoms with Crippen molar-refractivity contribution >= 4 is 29.5 Å². The van der Waals surface area contributed by atoms with E-state index in [4.69, 9.17) is 30.2 Å². The normalized spacial score (nSPS) is 15.2. The maximum Gasteiger partial charge on any atom is 0.363 e. The molecule has 2 aromatic rings. The van der Waals surface area contributed by atoms with Gasteiger partial charge in [0.25, 0.3) is 5.90 Å². The molecule has 1 aromatic carbocycles. The van der Waals surface area contributed by atoms with Gasteiger partial charge < -0.3 is 18.6 Å². The molecule has 6 nitrogen and oxygen atoms in total. The predicted molar refractivity (Wildman–Crippen MR) is 93.1 cm³/mol. The van der Waals surface area contributed by atoms with E-state index in [-0.39, 0.29) is 11.6 Å². The number of hydrogen-bond donors (Lipinski definition) is 0. The average Bonchev–Trinajstić information content (AvgIpc) is 3.24. The van der Waals surface area contributed by atoms with Gasteiger partial charge in [-0.15, -0.1) is 0 Å². The van der Waals surface area contributed by atoms with Crippen molar-refractivity contribution in [1.29, 1.82) is 0 Å². The topological polar surface area (TPSA) is 70.3 Å². The molecule has 2 heterocycles. The average molecular weight is 362 g/mol. The number of halogens is 1. The molecular weight excluding hydrogens is 346 g/mol. The van der Waals surface area contributed by atoms with Crippen LogP contribution in [0.1, 0.15) is 24.7 Å². The monoisotopic (exact) mass is 361 g/mol. The summed E-state index contributed by atoms with van der Waals surface area (Å²) in [7, 11) is 1.53. The third-order valence-corrected chi connectivity index (χ3v) is 3.64. The van der Waals surface area contributed by atoms with Crippen molar-refractivity contribution in [2.24, 2.45) is 4.99 Å². The van der Waals surface area contributed by atoms with Gasteiger partial charge in [0, 0.05) is 0 Å². The maximum absolute atomic E-state index is 12.0. The van der Waals surface area contributed by atoms with Gasteiger partial charge in [-0.1, -0.05) is 18.5 Å². The molecule has 1 aliphatic rings. The van der Waals surface area contributed by atoms with Crippen LogP contribution in [0.15, 0.2) is 45.6 Å². The summed E-state index contributed by atoms with van der Waals surface area (Å²) in [5, 5.41) is 0.390. The minimum absolute atomic E-state index is 0.127. The minimum atomic E-state index is -0.562. The minimum Gasteiger partial charge on any atom is -0.493 e. The van der Waals surface area contributed by atoms with Crippen LogP contribution >= 0.6 is 11.6 Å². The highest BCUT2D eigenvalue weighted by molar-refractivity contribution is 6.32. The molecule has 0 atom stereocenters. The molecule has 130 valence electrons. The van der Waals surface area contributed by atoms with E-state index < -0.39 is 5.97 Å². The van der Waals surface area contributed by atoms with Crippen LogP contribution in [0, 0.1) is 0 Å². The number of carbonyl (C=O) groups excluding carboxylic acids is 1. The van der Waals surface area contributed by atoms with Crippen LogP contribution < -0.4 is 9.47 Å². The smallest absolute Gasteiger partial charge is 0.363 e. The van der Waals surface area contributed by atoms with Crippen molar-refractivity contribution in [2.75, 3.05) is 13.7 Å². The summed E-state index contributed by atoms with van der Waals surface area (Å²) in [6, 6.07) is 6.75. The summed E-state index contributed by atoms with van der Waals surface area (Å²) < 4.78 is 21.2. The number of nitrogens with zero attached hydrogens (tertiary/aromatic N) is 1. The van der Waals surface area contributed by atoms with Crippen molar-refractivity contribution in [3.8, 4) is 11.5 Å². The lowest BCUT2D eigenvalue weighted by Gasteiger charge is -2.12. The van der Waals surface area contributed by atoms with Crippen LogP contribution in [0.5, 0.6) is 11.5 Å². The Balaban J connectivity index is 1.93. The molecule has 25 heavy (non-hydrogen) atoms. The Morgan fingerprint density at radius 3 is 2.88 bits per heavy atom. The lowest BCUT2D eigenvalue weighted by Crippen LogP contribution is -2.04. The van der Waals surface area contributed by atoms with Crippen LogP contribution in [0.4, 0.5) is 0 Å². The summed E-state index contributed by atoms with van der Waals surface area (Å²) in [4.78, 5) is 16.2. The number of carbonyl (C=O) groups is 1. The summed E-state index contributed by atoms with van der Waals surface area (Å²) >= 11 is 6.28. The molecular formula is C18H16ClNO5. The Hall–Kier alpha value is -2.73. The molecule has 0 spiro atoms. The van der Waals surface area contributed by atoms with Crippen LogP contribution in [-0.2, 0) is 9.53 Å². The van der Waals surface area contributed by atoms with Gasteiger partial charge in [0.15, 0.2) is 23.0 Å². The second-order valence-corrected chi connectivity index (χ2v) is 5.60. The zero-order valence-corrected chi connectivity index (χ0v) is 14.5. The Bertz CT molecular complexity index is 839. The van der Waals surface area contributed by atoms with E-state index in [0.717, 1.165) is 6.42 Å². The molecule has 0 fully saturated rings. The van der Waals surface area contributed by atoms with E-state index in [2.05, 4.69) is 4.99 Å². The number of furan rings is 1. The molecule has 0 N–H and O–H groups in total. The molecule has 0 saturated carbocycles. The lowest BCUT2D eigenvalue weighted by molar-refractivity contribution is -0.130. The van der Waals surface area contributed by atoms with E-state index in [9.17, 15) is 4.79 Å². The van der Waals surface area contributed by atoms with Crippen LogP contribution in [0.25, 0.3) is 6.08 Å². The van der Waals surface area contributed by atoms with Gasteiger partial charge in [-0.25, -0.2) is 9.79 Å². The van der Waals surface area contributed by atoms with Gasteiger partial charge in [0.2, 0.25) is 0 Å². The first kappa shape index (κ1) is 17.1. The van der Waals surface area contributed by atoms with Gasteiger partial charge in [-0.3, -0.25) is 0 Å². The Kier molecular flexibility index (Phi) is 5.09. The largest absolute Gasteiger partial charge is 0.493 e. The first-order chi connectivity index (χ1) is 12.1. The van der Waals surface area contributed by atoms with Crippen LogP contribution in [0.3, 0.4) is 0 Å². The maximum atomic E-state index is 12.0. The predicted octanol–water partition coefficient (Wildman–Crippen LogP) is 4.07. The first-order valence-electron chi connectivity index (χ1n) is 7.69. The number of esters is 1. The Morgan fingerprint density at radius 1 is 1.36 bits per heavy atom. The zero-order chi connectivity index (χ0) is 17.8. The lowest BCUT2D eigenvalue weighted by atomic mass is 10.1. The van der Waals surface area contributed by atoms with Gasteiger partial charge in [-0.05, 0) is 42.3 Å². The van der Waals surface area contributed by atoms with Crippen molar-refractivity contribution in [3.63, 3.8) is 0 Å². The molecule has 0 saturated heterocycles. The van der Waals surface area contributed by atoms with Crippen molar-refractivity contribution in [1.82, 2.24) is 0 Å². The summed E-state index contributed by atoms with van der Waals surface area (Å²) in [5.74, 6) is 0.905. The van der Waals surface area contributed by atoms with Crippen LogP contribution in [0.2, 0.25) is 5.02 Å². The molecule has 0 unspecified atom stereocenters. The second kappa shape index (κ2) is 7.44. The SMILES string of the molecule is CCCOc1c(Cl)cc(C=C2N=C(c3ccco3)OC2=O)cc1OC. The summed E-state index contributed by atoms with van der Waals surface area (Å²) in [5.41, 5.74) is 0.786. The highest BCUT2D eigenvalue weighted by Gasteiger charge is 2.26. The standard InChI is InChI=1S/C18H16ClNO5/c1-3-6-24-16-12(19)8-11(10-15(16)22-2)9-13-18(21)25-17(20-13)14-5-4-7-23-14/h4-5,7-10H,3,6H2,1-2H3. The Labute approximate surface area is 149 Å². The number of cyclic esters (lactones) is 1. The van der Waals surface area contributed by atoms with Crippen molar-refractivity contribution < 1.29 is 23.4 Å². The fraction of sp³-hybridized carbons (Fsp3) is 0.222. The van der Waals surface area contributed by atoms with Crippen molar-refractivity contribution in [3.05, 3.63) is 52.6 Å². The number of hydrogen-bond acceptors (Lipinski definition) is 6. The van der Waals surface area contributed by atoms with Gasteiger partial charge in [-0.2, -0.15) is 0 Å². The molecule has 0 radical (unpaired) electrons. The number of ether oxygens (including phenoxy) is 3. The summed E-state index contributed by atoms with van der Waals surface area (Å²) in [6.07, 6.45) is 3.89. The molecule has 0 bridgehead atoms. The van der Waals surface area contributed by atoms with Crippen LogP contribution in [-0.4, -0.2) is 25.6 Å². The number of rotatable bonds is 6. The third kappa shape index (κ3) is 3.69. The quantitative estimate of drug-likeness (QED) is 0.573. The summed E-state index contributed by atoms with van der Waals surface area (Å²) in [6.45, 7) is 2.53. The van der Waals surface area contributed by atoms with E-state index in [1.165, 1.54) is 13.4 Å².